The van der Waals surface area contributed by atoms with Crippen LogP contribution in [-0.2, 0) is 60.8 Å². The molecule has 2 aromatic rings. The van der Waals surface area contributed by atoms with Crippen LogP contribution < -0.4 is 64.9 Å². The van der Waals surface area contributed by atoms with Crippen molar-refractivity contribution < 1.29 is 52.7 Å². The Hall–Kier alpha value is -7.09. The van der Waals surface area contributed by atoms with Crippen LogP contribution in [0.1, 0.15) is 115 Å². The Morgan fingerprint density at radius 2 is 1.41 bits per heavy atom. The van der Waals surface area contributed by atoms with Crippen molar-refractivity contribution in [2.24, 2.45) is 33.8 Å². The van der Waals surface area contributed by atoms with Gasteiger partial charge >= 0.3 is 0 Å². The Labute approximate surface area is 480 Å². The number of hydrogen-bond acceptors (Lipinski definition) is 14. The van der Waals surface area contributed by atoms with Crippen LogP contribution in [0, 0.1) is 5.92 Å². The molecule has 7 atom stereocenters. The average Bonchev–Trinajstić information content (AvgIpc) is 4.05. The van der Waals surface area contributed by atoms with E-state index in [-0.39, 0.29) is 63.3 Å². The zero-order valence-corrected chi connectivity index (χ0v) is 48.1. The minimum Gasteiger partial charge on any atom is -0.494 e. The van der Waals surface area contributed by atoms with Crippen LogP contribution in [0.15, 0.2) is 59.6 Å². The Kier molecular flexibility index (Phi) is 25.9. The average molecular weight is 1160 g/mol. The third-order valence-corrected chi connectivity index (χ3v) is 17.5. The predicted octanol–water partition coefficient (Wildman–Crippen LogP) is 0.225. The number of primary amides is 2. The first kappa shape index (κ1) is 64.7. The van der Waals surface area contributed by atoms with Crippen LogP contribution >= 0.6 is 21.6 Å². The van der Waals surface area contributed by atoms with E-state index in [0.717, 1.165) is 32.1 Å². The zero-order chi connectivity index (χ0) is 59.1. The summed E-state index contributed by atoms with van der Waals surface area (Å²) >= 11 is 0. The van der Waals surface area contributed by atoms with Gasteiger partial charge in [-0.25, -0.2) is 0 Å². The second-order valence-corrected chi connectivity index (χ2v) is 23.9. The molecule has 0 aromatic heterocycles. The first-order valence-corrected chi connectivity index (χ1v) is 30.1. The molecule has 2 aromatic carbocycles. The molecule has 3 aliphatic rings. The number of ether oxygens (including phenoxy) is 1. The normalized spacial score (nSPS) is 22.6. The summed E-state index contributed by atoms with van der Waals surface area (Å²) in [5.41, 5.74) is 23.2. The number of carbonyl (C=O) groups is 10. The van der Waals surface area contributed by atoms with Crippen LogP contribution in [0.3, 0.4) is 0 Å². The van der Waals surface area contributed by atoms with E-state index in [4.69, 9.17) is 27.7 Å². The highest BCUT2D eigenvalue weighted by atomic mass is 33.1. The fourth-order valence-corrected chi connectivity index (χ4v) is 13.2. The lowest BCUT2D eigenvalue weighted by Crippen LogP contribution is -2.61. The molecular formula is C55H81N13O11S2. The lowest BCUT2D eigenvalue weighted by atomic mass is 9.85. The minimum atomic E-state index is -1.66. The second-order valence-electron chi connectivity index (χ2n) is 21.1. The standard InChI is InChI=1S/C55H81N13O11S2/c1-4-5-26-79-36-20-18-35(19-21-36)28-38-48(73)64-39(27-34-14-8-6-9-15-34)50(75)67-46(33(2)3)52(77)65-40(29-43(56)69)49(74)66-41(32-80-81-55(30-45(71)62-38)22-10-7-11-23-55)53(78)68-25-13-17-42(68)51(76)63-37(16-12-24-60-54(58)59)47(72)61-31-44(57)70/h6,8-9,14-15,18-21,33,37-42,46H,4-5,7,10-13,16-17,22-32H2,1-3H3,(H2,56,69)(H2,57,70)(H,61,72)(H,62,71)(H,63,76)(H,64,73)(H,65,77)(H,66,74)(H,67,75)(H4,58,59,60)/t37-,38+,39+,40+,41+,42+,46+/m1/s1. The smallest absolute Gasteiger partial charge is 0.246 e. The highest BCUT2D eigenvalue weighted by Crippen LogP contribution is 2.48. The van der Waals surface area contributed by atoms with Crippen LogP contribution in [-0.4, -0.2) is 149 Å². The van der Waals surface area contributed by atoms with Gasteiger partial charge in [-0.3, -0.25) is 52.9 Å². The van der Waals surface area contributed by atoms with Crippen LogP contribution in [0.2, 0.25) is 0 Å². The number of rotatable bonds is 21. The van der Waals surface area contributed by atoms with E-state index in [9.17, 15) is 47.9 Å². The summed E-state index contributed by atoms with van der Waals surface area (Å²) in [4.78, 5) is 145. The largest absolute Gasteiger partial charge is 0.494 e. The van der Waals surface area contributed by atoms with Crippen LogP contribution in [0.4, 0.5) is 0 Å². The molecule has 2 saturated heterocycles. The molecule has 24 nitrogen and oxygen atoms in total. The van der Waals surface area contributed by atoms with Gasteiger partial charge in [0.05, 0.1) is 19.6 Å². The van der Waals surface area contributed by atoms with Crippen molar-refractivity contribution in [3.05, 3.63) is 65.7 Å². The maximum atomic E-state index is 15.0. The van der Waals surface area contributed by atoms with Gasteiger partial charge < -0.3 is 69.8 Å². The number of benzene rings is 2. The monoisotopic (exact) mass is 1160 g/mol. The quantitative estimate of drug-likeness (QED) is 0.0345. The van der Waals surface area contributed by atoms with Crippen molar-refractivity contribution in [1.82, 2.24) is 42.1 Å². The molecule has 0 bridgehead atoms. The summed E-state index contributed by atoms with van der Waals surface area (Å²) in [6, 6.07) is 6.96. The molecule has 1 aliphatic carbocycles. The minimum absolute atomic E-state index is 0.0124. The number of likely N-dealkylation sites (tertiary alicyclic amines) is 1. The van der Waals surface area contributed by atoms with Gasteiger partial charge in [-0.05, 0) is 74.1 Å². The molecular weight excluding hydrogens is 1080 g/mol. The van der Waals surface area contributed by atoms with Gasteiger partial charge in [0.2, 0.25) is 59.1 Å². The highest BCUT2D eigenvalue weighted by molar-refractivity contribution is 8.77. The number of amides is 10. The summed E-state index contributed by atoms with van der Waals surface area (Å²) in [6.07, 6.45) is 5.59. The molecule has 0 unspecified atom stereocenters. The molecule has 1 saturated carbocycles. The number of nitrogens with one attached hydrogen (secondary N) is 7. The molecule has 2 heterocycles. The molecule has 26 heteroatoms. The zero-order valence-electron chi connectivity index (χ0n) is 46.5. The third-order valence-electron chi connectivity index (χ3n) is 14.2. The molecule has 3 fully saturated rings. The third kappa shape index (κ3) is 21.1. The van der Waals surface area contributed by atoms with E-state index in [1.165, 1.54) is 26.5 Å². The molecule has 444 valence electrons. The van der Waals surface area contributed by atoms with E-state index in [1.807, 2.05) is 12.1 Å². The van der Waals surface area contributed by atoms with E-state index < -0.39 is 125 Å². The molecule has 5 rings (SSSR count). The molecule has 1 spiro atoms. The Morgan fingerprint density at radius 1 is 0.765 bits per heavy atom. The topological polar surface area (TPSA) is 384 Å². The van der Waals surface area contributed by atoms with Crippen molar-refractivity contribution in [3.8, 4) is 5.75 Å². The van der Waals surface area contributed by atoms with Gasteiger partial charge in [-0.2, -0.15) is 0 Å². The molecule has 81 heavy (non-hydrogen) atoms. The summed E-state index contributed by atoms with van der Waals surface area (Å²) in [6.45, 7) is 5.59. The van der Waals surface area contributed by atoms with Crippen LogP contribution in [0.5, 0.6) is 5.75 Å². The van der Waals surface area contributed by atoms with Crippen LogP contribution in [0.25, 0.3) is 0 Å². The first-order valence-electron chi connectivity index (χ1n) is 27.7. The fraction of sp³-hybridized carbons (Fsp3) is 0.582. The number of hydrogen-bond donors (Lipinski definition) is 11. The maximum absolute atomic E-state index is 15.0. The second kappa shape index (κ2) is 32.4. The van der Waals surface area contributed by atoms with Gasteiger partial charge in [0.15, 0.2) is 5.96 Å². The number of carbonyl (C=O) groups excluding carboxylic acids is 10. The molecule has 2 aliphatic heterocycles. The van der Waals surface area contributed by atoms with Crippen molar-refractivity contribution in [2.75, 3.05) is 32.0 Å². The predicted molar refractivity (Wildman–Crippen MR) is 308 cm³/mol. The Balaban J connectivity index is 1.52. The van der Waals surface area contributed by atoms with Crippen molar-refractivity contribution in [2.45, 2.75) is 164 Å². The van der Waals surface area contributed by atoms with E-state index >= 15 is 0 Å². The van der Waals surface area contributed by atoms with Gasteiger partial charge in [-0.1, -0.05) is 111 Å². The number of guanidine groups is 1. The van der Waals surface area contributed by atoms with Gasteiger partial charge in [-0.15, -0.1) is 0 Å². The van der Waals surface area contributed by atoms with E-state index in [0.29, 0.717) is 42.7 Å². The molecule has 0 radical (unpaired) electrons. The van der Waals surface area contributed by atoms with E-state index in [1.54, 1.807) is 56.3 Å². The lowest BCUT2D eigenvalue weighted by molar-refractivity contribution is -0.142. The highest BCUT2D eigenvalue weighted by Gasteiger charge is 2.42. The maximum Gasteiger partial charge on any atom is 0.246 e. The van der Waals surface area contributed by atoms with Crippen molar-refractivity contribution >= 4 is 86.6 Å². The number of nitrogens with two attached hydrogens (primary N) is 4. The molecule has 10 amide bonds. The van der Waals surface area contributed by atoms with Crippen molar-refractivity contribution in [1.29, 1.82) is 0 Å². The summed E-state index contributed by atoms with van der Waals surface area (Å²) in [5.74, 6) is -7.84. The number of nitrogens with zero attached hydrogens (tertiary/aromatic N) is 2. The Morgan fingerprint density at radius 3 is 2.05 bits per heavy atom. The fourth-order valence-electron chi connectivity index (χ4n) is 9.83. The van der Waals surface area contributed by atoms with Gasteiger partial charge in [0, 0.05) is 42.9 Å². The lowest BCUT2D eigenvalue weighted by Gasteiger charge is -2.37. The van der Waals surface area contributed by atoms with Gasteiger partial charge in [0.1, 0.15) is 48.0 Å². The number of unbranched alkanes of at least 4 members (excludes halogenated alkanes) is 1. The number of aliphatic imine (C=N–C) groups is 1. The van der Waals surface area contributed by atoms with Crippen molar-refractivity contribution in [3.63, 3.8) is 0 Å². The first-order chi connectivity index (χ1) is 38.7. The Bertz CT molecular complexity index is 2530. The SMILES string of the molecule is CCCCOc1ccc(C[C@@H]2NC(=O)CC3(CCCCC3)SSC[C@@H](C(=O)N3CCC[C@H]3C(=O)N[C@H](CCCN=C(N)N)C(=O)NCC(N)=O)NC(=O)[C@H](CC(N)=O)NC(=O)[C@H](C(C)C)NC(=O)[C@H](Cc3ccccc3)NC2=O)cc1. The molecule has 15 N–H and O–H groups in total. The summed E-state index contributed by atoms with van der Waals surface area (Å²) in [7, 11) is 2.60. The van der Waals surface area contributed by atoms with E-state index in [2.05, 4.69) is 49.1 Å². The summed E-state index contributed by atoms with van der Waals surface area (Å²) < 4.78 is 5.16. The summed E-state index contributed by atoms with van der Waals surface area (Å²) in [5, 5.41) is 19.1. The van der Waals surface area contributed by atoms with Gasteiger partial charge in [0.25, 0.3) is 0 Å².